The maximum Gasteiger partial charge on any atom is 0.490 e. The van der Waals surface area contributed by atoms with Gasteiger partial charge in [0.1, 0.15) is 5.52 Å². The van der Waals surface area contributed by atoms with Crippen LogP contribution in [0.4, 0.5) is 18.9 Å². The van der Waals surface area contributed by atoms with Crippen LogP contribution >= 0.6 is 0 Å². The number of rotatable bonds is 5. The number of primary amides is 1. The van der Waals surface area contributed by atoms with Gasteiger partial charge in [-0.1, -0.05) is 12.1 Å². The number of amides is 2. The first-order valence-corrected chi connectivity index (χ1v) is 10.2. The number of nitrogens with two attached hydrogens (primary N) is 2. The number of benzene rings is 2. The van der Waals surface area contributed by atoms with Gasteiger partial charge in [0.15, 0.2) is 5.72 Å². The van der Waals surface area contributed by atoms with E-state index >= 15 is 0 Å². The molecule has 178 valence electrons. The van der Waals surface area contributed by atoms with Crippen LogP contribution in [0.3, 0.4) is 0 Å². The van der Waals surface area contributed by atoms with Crippen molar-refractivity contribution in [2.45, 2.75) is 31.2 Å². The number of carbonyl (C=O) groups is 3. The van der Waals surface area contributed by atoms with Crippen molar-refractivity contribution < 1.29 is 32.3 Å². The number of anilines is 1. The molecule has 0 unspecified atom stereocenters. The molecule has 1 aliphatic rings. The summed E-state index contributed by atoms with van der Waals surface area (Å²) in [5.74, 6) is -4.12. The largest absolute Gasteiger partial charge is 0.490 e. The molecule has 0 saturated heterocycles. The molecule has 34 heavy (non-hydrogen) atoms. The van der Waals surface area contributed by atoms with Crippen molar-refractivity contribution in [3.63, 3.8) is 0 Å². The molecule has 1 saturated carbocycles. The van der Waals surface area contributed by atoms with Crippen LogP contribution in [0.2, 0.25) is 0 Å². The Morgan fingerprint density at radius 1 is 1.15 bits per heavy atom. The molecule has 0 bridgehead atoms. The highest BCUT2D eigenvalue weighted by atomic mass is 19.4. The molecule has 1 aliphatic carbocycles. The SMILES string of the molecule is NC(=O)c1cccc2cn(-c3ccc(NC(=O)[C@H]4CC[C@](N)(OC(=O)C(F)(F)F)C4)cc3)nc12. The van der Waals surface area contributed by atoms with Crippen LogP contribution in [0.5, 0.6) is 0 Å². The molecule has 2 amide bonds. The van der Waals surface area contributed by atoms with Crippen molar-refractivity contribution >= 4 is 34.4 Å². The summed E-state index contributed by atoms with van der Waals surface area (Å²) in [5.41, 5.74) is 11.2. The number of ether oxygens (including phenoxy) is 1. The Balaban J connectivity index is 1.42. The fraction of sp³-hybridized carbons (Fsp3) is 0.273. The topological polar surface area (TPSA) is 142 Å². The summed E-state index contributed by atoms with van der Waals surface area (Å²) < 4.78 is 43.3. The minimum absolute atomic E-state index is 0.0635. The minimum atomic E-state index is -5.16. The first kappa shape index (κ1) is 23.2. The Kier molecular flexibility index (Phi) is 5.77. The highest BCUT2D eigenvalue weighted by molar-refractivity contribution is 6.04. The molecular weight excluding hydrogens is 455 g/mol. The molecule has 1 fully saturated rings. The van der Waals surface area contributed by atoms with E-state index in [1.54, 1.807) is 53.3 Å². The van der Waals surface area contributed by atoms with Crippen LogP contribution in [0, 0.1) is 5.92 Å². The molecule has 4 rings (SSSR count). The second-order valence-corrected chi connectivity index (χ2v) is 8.11. The number of hydrogen-bond acceptors (Lipinski definition) is 6. The summed E-state index contributed by atoms with van der Waals surface area (Å²) in [5, 5.41) is 7.82. The zero-order valence-corrected chi connectivity index (χ0v) is 17.6. The lowest BCUT2D eigenvalue weighted by Gasteiger charge is -2.24. The molecule has 2 aromatic carbocycles. The highest BCUT2D eigenvalue weighted by Gasteiger charge is 2.49. The van der Waals surface area contributed by atoms with Crippen molar-refractivity contribution in [3.8, 4) is 5.69 Å². The fourth-order valence-corrected chi connectivity index (χ4v) is 3.92. The van der Waals surface area contributed by atoms with Crippen molar-refractivity contribution in [1.82, 2.24) is 9.78 Å². The third-order valence-corrected chi connectivity index (χ3v) is 5.61. The van der Waals surface area contributed by atoms with Gasteiger partial charge in [-0.2, -0.15) is 18.3 Å². The minimum Gasteiger partial charge on any atom is -0.437 e. The van der Waals surface area contributed by atoms with E-state index in [1.165, 1.54) is 0 Å². The Morgan fingerprint density at radius 2 is 1.85 bits per heavy atom. The third kappa shape index (κ3) is 4.71. The van der Waals surface area contributed by atoms with Crippen LogP contribution in [-0.4, -0.2) is 39.5 Å². The number of nitrogens with one attached hydrogen (secondary N) is 1. The first-order valence-electron chi connectivity index (χ1n) is 10.2. The molecule has 12 heteroatoms. The van der Waals surface area contributed by atoms with Gasteiger partial charge in [-0.3, -0.25) is 15.3 Å². The smallest absolute Gasteiger partial charge is 0.437 e. The summed E-state index contributed by atoms with van der Waals surface area (Å²) in [6, 6.07) is 11.7. The van der Waals surface area contributed by atoms with Gasteiger partial charge in [-0.25, -0.2) is 9.48 Å². The van der Waals surface area contributed by atoms with Crippen molar-refractivity contribution in [1.29, 1.82) is 0 Å². The van der Waals surface area contributed by atoms with Crippen LogP contribution in [0.15, 0.2) is 48.7 Å². The van der Waals surface area contributed by atoms with E-state index < -0.39 is 35.6 Å². The average Bonchev–Trinajstić information content (AvgIpc) is 3.37. The van der Waals surface area contributed by atoms with Crippen molar-refractivity contribution in [2.75, 3.05) is 5.32 Å². The molecule has 0 radical (unpaired) electrons. The summed E-state index contributed by atoms with van der Waals surface area (Å²) >= 11 is 0. The lowest BCUT2D eigenvalue weighted by atomic mass is 10.1. The molecule has 3 aromatic rings. The average molecular weight is 475 g/mol. The normalized spacial score (nSPS) is 20.3. The lowest BCUT2D eigenvalue weighted by Crippen LogP contribution is -2.45. The van der Waals surface area contributed by atoms with E-state index in [0.29, 0.717) is 22.5 Å². The van der Waals surface area contributed by atoms with Crippen LogP contribution in [-0.2, 0) is 14.3 Å². The number of hydrogen-bond donors (Lipinski definition) is 3. The summed E-state index contributed by atoms with van der Waals surface area (Å²) in [6.45, 7) is 0. The number of carbonyl (C=O) groups excluding carboxylic acids is 3. The van der Waals surface area contributed by atoms with Crippen molar-refractivity contribution in [3.05, 3.63) is 54.2 Å². The van der Waals surface area contributed by atoms with Gasteiger partial charge in [0, 0.05) is 36.0 Å². The standard InChI is InChI=1S/C22H20F3N5O4/c23-22(24,25)20(33)34-21(27)9-8-12(10-21)19(32)28-14-4-6-15(7-5-14)30-11-13-2-1-3-16(18(26)31)17(13)29-30/h1-7,11-12H,8-10,27H2,(H2,26,31)(H,28,32)/t12-,21-/m0/s1. The van der Waals surface area contributed by atoms with Crippen LogP contribution in [0.25, 0.3) is 16.6 Å². The first-order chi connectivity index (χ1) is 15.9. The number of alkyl halides is 3. The van der Waals surface area contributed by atoms with Gasteiger partial charge >= 0.3 is 12.1 Å². The fourth-order valence-electron chi connectivity index (χ4n) is 3.92. The van der Waals surface area contributed by atoms with Gasteiger partial charge in [0.25, 0.3) is 5.91 Å². The van der Waals surface area contributed by atoms with E-state index in [9.17, 15) is 27.6 Å². The predicted molar refractivity (Wildman–Crippen MR) is 115 cm³/mol. The summed E-state index contributed by atoms with van der Waals surface area (Å²) in [6.07, 6.45) is -3.53. The van der Waals surface area contributed by atoms with Crippen molar-refractivity contribution in [2.24, 2.45) is 17.4 Å². The van der Waals surface area contributed by atoms with Crippen LogP contribution < -0.4 is 16.8 Å². The maximum absolute atomic E-state index is 12.6. The van der Waals surface area contributed by atoms with E-state index in [1.807, 2.05) is 0 Å². The predicted octanol–water partition coefficient (Wildman–Crippen LogP) is 2.62. The maximum atomic E-state index is 12.6. The molecule has 2 atom stereocenters. The number of halogens is 3. The Labute approximate surface area is 190 Å². The monoisotopic (exact) mass is 475 g/mol. The summed E-state index contributed by atoms with van der Waals surface area (Å²) in [4.78, 5) is 35.3. The molecule has 1 aromatic heterocycles. The number of nitrogens with zero attached hydrogens (tertiary/aromatic N) is 2. The van der Waals surface area contributed by atoms with E-state index in [-0.39, 0.29) is 19.3 Å². The van der Waals surface area contributed by atoms with Gasteiger partial charge in [-0.15, -0.1) is 0 Å². The number of fused-ring (bicyclic) bond motifs is 1. The molecule has 1 heterocycles. The number of esters is 1. The molecule has 0 spiro atoms. The van der Waals surface area contributed by atoms with E-state index in [0.717, 1.165) is 5.39 Å². The molecular formula is C22H20F3N5O4. The van der Waals surface area contributed by atoms with Gasteiger partial charge < -0.3 is 15.8 Å². The number of aromatic nitrogens is 2. The quantitative estimate of drug-likeness (QED) is 0.383. The molecule has 9 nitrogen and oxygen atoms in total. The highest BCUT2D eigenvalue weighted by Crippen LogP contribution is 2.36. The molecule has 5 N–H and O–H groups in total. The second-order valence-electron chi connectivity index (χ2n) is 8.11. The summed E-state index contributed by atoms with van der Waals surface area (Å²) in [7, 11) is 0. The molecule has 0 aliphatic heterocycles. The third-order valence-electron chi connectivity index (χ3n) is 5.61. The van der Waals surface area contributed by atoms with E-state index in [4.69, 9.17) is 11.5 Å². The zero-order chi connectivity index (χ0) is 24.7. The van der Waals surface area contributed by atoms with Gasteiger partial charge in [0.05, 0.1) is 11.3 Å². The zero-order valence-electron chi connectivity index (χ0n) is 17.6. The Hall–Kier alpha value is -3.93. The Morgan fingerprint density at radius 3 is 2.50 bits per heavy atom. The van der Waals surface area contributed by atoms with Crippen LogP contribution in [0.1, 0.15) is 29.6 Å². The Bertz CT molecular complexity index is 1270. The van der Waals surface area contributed by atoms with Gasteiger partial charge in [0.2, 0.25) is 5.91 Å². The van der Waals surface area contributed by atoms with E-state index in [2.05, 4.69) is 15.2 Å². The second kappa shape index (κ2) is 8.45. The lowest BCUT2D eigenvalue weighted by molar-refractivity contribution is -0.213. The van der Waals surface area contributed by atoms with Gasteiger partial charge in [-0.05, 0) is 36.8 Å².